The summed E-state index contributed by atoms with van der Waals surface area (Å²) >= 11 is 4.90. The van der Waals surface area contributed by atoms with Crippen LogP contribution >= 0.6 is 12.2 Å². The van der Waals surface area contributed by atoms with Crippen LogP contribution in [0.2, 0.25) is 0 Å². The van der Waals surface area contributed by atoms with Crippen LogP contribution in [0, 0.1) is 5.92 Å². The molecule has 0 aliphatic rings. The molecule has 0 bridgehead atoms. The summed E-state index contributed by atoms with van der Waals surface area (Å²) in [5, 5.41) is 3.44. The van der Waals surface area contributed by atoms with Crippen LogP contribution in [0.5, 0.6) is 0 Å². The summed E-state index contributed by atoms with van der Waals surface area (Å²) in [5.41, 5.74) is 12.7. The van der Waals surface area contributed by atoms with E-state index in [2.05, 4.69) is 42.6 Å². The van der Waals surface area contributed by atoms with E-state index in [0.29, 0.717) is 17.6 Å². The molecule has 0 aromatic heterocycles. The Balaban J connectivity index is 2.50. The van der Waals surface area contributed by atoms with Crippen molar-refractivity contribution in [3.63, 3.8) is 0 Å². The van der Waals surface area contributed by atoms with Gasteiger partial charge < -0.3 is 16.8 Å². The van der Waals surface area contributed by atoms with Crippen molar-refractivity contribution >= 4 is 17.3 Å². The van der Waals surface area contributed by atoms with Crippen molar-refractivity contribution in [3.8, 4) is 0 Å². The zero-order valence-corrected chi connectivity index (χ0v) is 13.9. The molecule has 1 aromatic carbocycles. The van der Waals surface area contributed by atoms with Gasteiger partial charge in [0.05, 0.1) is 0 Å². The maximum Gasteiger partial charge on any atom is 0.163 e. The van der Waals surface area contributed by atoms with Crippen LogP contribution in [-0.4, -0.2) is 17.7 Å². The molecule has 0 saturated carbocycles. The number of nitrogens with one attached hydrogen (secondary N) is 1. The molecule has 0 fully saturated rings. The minimum Gasteiger partial charge on any atom is -0.376 e. The van der Waals surface area contributed by atoms with E-state index in [9.17, 15) is 0 Å². The predicted octanol–water partition coefficient (Wildman–Crippen LogP) is 2.98. The zero-order chi connectivity index (χ0) is 15.5. The van der Waals surface area contributed by atoms with Crippen molar-refractivity contribution in [1.29, 1.82) is 0 Å². The molecule has 118 valence electrons. The first-order chi connectivity index (χ1) is 10.2. The van der Waals surface area contributed by atoms with Gasteiger partial charge in [0, 0.05) is 12.6 Å². The van der Waals surface area contributed by atoms with Gasteiger partial charge in [0.1, 0.15) is 0 Å². The van der Waals surface area contributed by atoms with Crippen molar-refractivity contribution in [2.24, 2.45) is 17.4 Å². The highest BCUT2D eigenvalue weighted by molar-refractivity contribution is 7.80. The Hall–Kier alpha value is -1.13. The average Bonchev–Trinajstić information content (AvgIpc) is 2.49. The standard InChI is InChI=1S/C17H29N3S/c1-2-3-7-15(12-14-8-5-4-6-9-14)10-11-16(13-18)20-17(19)21/h4-6,8-9,15-16H,2-3,7,10-13,18H2,1H3,(H3,19,20,21)/t15-,16?/m0/s1. The monoisotopic (exact) mass is 307 g/mol. The molecule has 0 heterocycles. The van der Waals surface area contributed by atoms with Crippen LogP contribution in [0.15, 0.2) is 30.3 Å². The lowest BCUT2D eigenvalue weighted by Crippen LogP contribution is -2.43. The molecule has 4 heteroatoms. The average molecular weight is 308 g/mol. The summed E-state index contributed by atoms with van der Waals surface area (Å²) < 4.78 is 0. The summed E-state index contributed by atoms with van der Waals surface area (Å²) in [6, 6.07) is 10.9. The van der Waals surface area contributed by atoms with Crippen molar-refractivity contribution in [2.75, 3.05) is 6.54 Å². The number of hydrogen-bond donors (Lipinski definition) is 3. The van der Waals surface area contributed by atoms with Crippen LogP contribution < -0.4 is 16.8 Å². The number of nitrogens with two attached hydrogens (primary N) is 2. The Morgan fingerprint density at radius 3 is 2.48 bits per heavy atom. The second kappa shape index (κ2) is 10.6. The van der Waals surface area contributed by atoms with Gasteiger partial charge in [-0.15, -0.1) is 0 Å². The van der Waals surface area contributed by atoms with Gasteiger partial charge in [0.2, 0.25) is 0 Å². The van der Waals surface area contributed by atoms with E-state index in [1.165, 1.54) is 24.8 Å². The van der Waals surface area contributed by atoms with Crippen molar-refractivity contribution in [3.05, 3.63) is 35.9 Å². The molecule has 0 radical (unpaired) electrons. The lowest BCUT2D eigenvalue weighted by molar-refractivity contribution is 0.392. The first kappa shape index (κ1) is 17.9. The molecule has 0 aliphatic carbocycles. The second-order valence-corrected chi connectivity index (χ2v) is 6.16. The molecule has 1 aromatic rings. The van der Waals surface area contributed by atoms with Crippen LogP contribution in [0.25, 0.3) is 0 Å². The fourth-order valence-electron chi connectivity index (χ4n) is 2.68. The smallest absolute Gasteiger partial charge is 0.163 e. The van der Waals surface area contributed by atoms with Gasteiger partial charge >= 0.3 is 0 Å². The summed E-state index contributed by atoms with van der Waals surface area (Å²) in [6.07, 6.45) is 7.13. The normalized spacial score (nSPS) is 13.6. The van der Waals surface area contributed by atoms with Gasteiger partial charge in [-0.3, -0.25) is 0 Å². The highest BCUT2D eigenvalue weighted by atomic mass is 32.1. The fourth-order valence-corrected chi connectivity index (χ4v) is 2.84. The molecule has 5 N–H and O–H groups in total. The molecule has 1 unspecified atom stereocenters. The quantitative estimate of drug-likeness (QED) is 0.582. The predicted molar refractivity (Wildman–Crippen MR) is 95.2 cm³/mol. The van der Waals surface area contributed by atoms with Crippen molar-refractivity contribution < 1.29 is 0 Å². The van der Waals surface area contributed by atoms with Crippen LogP contribution in [0.3, 0.4) is 0 Å². The van der Waals surface area contributed by atoms with E-state index < -0.39 is 0 Å². The van der Waals surface area contributed by atoms with Crippen LogP contribution in [0.4, 0.5) is 0 Å². The van der Waals surface area contributed by atoms with Gasteiger partial charge in [0.25, 0.3) is 0 Å². The highest BCUT2D eigenvalue weighted by Crippen LogP contribution is 2.21. The Bertz CT molecular complexity index is 394. The third kappa shape index (κ3) is 8.02. The molecule has 1 rings (SSSR count). The Labute approximate surface area is 134 Å². The lowest BCUT2D eigenvalue weighted by atomic mass is 9.89. The minimum absolute atomic E-state index is 0.197. The van der Waals surface area contributed by atoms with E-state index in [-0.39, 0.29) is 6.04 Å². The molecular weight excluding hydrogens is 278 g/mol. The van der Waals surface area contributed by atoms with E-state index >= 15 is 0 Å². The third-order valence-electron chi connectivity index (χ3n) is 3.89. The van der Waals surface area contributed by atoms with Crippen molar-refractivity contribution in [2.45, 2.75) is 51.5 Å². The third-order valence-corrected chi connectivity index (χ3v) is 4.01. The Morgan fingerprint density at radius 1 is 1.19 bits per heavy atom. The highest BCUT2D eigenvalue weighted by Gasteiger charge is 2.13. The van der Waals surface area contributed by atoms with E-state index in [0.717, 1.165) is 19.3 Å². The van der Waals surface area contributed by atoms with Crippen LogP contribution in [0.1, 0.15) is 44.6 Å². The number of rotatable bonds is 10. The first-order valence-electron chi connectivity index (χ1n) is 7.95. The summed E-state index contributed by atoms with van der Waals surface area (Å²) in [4.78, 5) is 0. The number of benzene rings is 1. The van der Waals surface area contributed by atoms with Gasteiger partial charge in [-0.05, 0) is 43.0 Å². The molecule has 2 atom stereocenters. The molecular formula is C17H29N3S. The molecule has 3 nitrogen and oxygen atoms in total. The molecule has 0 amide bonds. The number of hydrogen-bond acceptors (Lipinski definition) is 2. The van der Waals surface area contributed by atoms with E-state index in [1.54, 1.807) is 0 Å². The molecule has 0 spiro atoms. The number of thiocarbonyl (C=S) groups is 1. The van der Waals surface area contributed by atoms with Gasteiger partial charge in [-0.25, -0.2) is 0 Å². The summed E-state index contributed by atoms with van der Waals surface area (Å²) in [7, 11) is 0. The Kier molecular flexibility index (Phi) is 9.02. The summed E-state index contributed by atoms with van der Waals surface area (Å²) in [6.45, 7) is 2.82. The first-order valence-corrected chi connectivity index (χ1v) is 8.36. The van der Waals surface area contributed by atoms with Gasteiger partial charge in [-0.1, -0.05) is 56.5 Å². The topological polar surface area (TPSA) is 64.1 Å². The SMILES string of the molecule is CCCC[C@@H](CCC(CN)NC(N)=S)Cc1ccccc1. The lowest BCUT2D eigenvalue weighted by Gasteiger charge is -2.21. The Morgan fingerprint density at radius 2 is 1.90 bits per heavy atom. The largest absolute Gasteiger partial charge is 0.376 e. The zero-order valence-electron chi connectivity index (χ0n) is 13.1. The molecule has 0 aliphatic heterocycles. The van der Waals surface area contributed by atoms with Gasteiger partial charge in [-0.2, -0.15) is 0 Å². The van der Waals surface area contributed by atoms with E-state index in [1.807, 2.05) is 0 Å². The minimum atomic E-state index is 0.197. The maximum absolute atomic E-state index is 5.78. The fraction of sp³-hybridized carbons (Fsp3) is 0.588. The second-order valence-electron chi connectivity index (χ2n) is 5.72. The number of unbranched alkanes of at least 4 members (excludes halogenated alkanes) is 1. The van der Waals surface area contributed by atoms with Crippen molar-refractivity contribution in [1.82, 2.24) is 5.32 Å². The molecule has 0 saturated heterocycles. The van der Waals surface area contributed by atoms with Crippen LogP contribution in [-0.2, 0) is 6.42 Å². The molecule has 21 heavy (non-hydrogen) atoms. The van der Waals surface area contributed by atoms with Gasteiger partial charge in [0.15, 0.2) is 5.11 Å². The summed E-state index contributed by atoms with van der Waals surface area (Å²) in [5.74, 6) is 0.703. The van der Waals surface area contributed by atoms with E-state index in [4.69, 9.17) is 23.7 Å². The maximum atomic E-state index is 5.78.